The number of hydrogen-bond acceptors (Lipinski definition) is 3. The zero-order valence-corrected chi connectivity index (χ0v) is 14.0. The molecular weight excluding hydrogens is 274 g/mol. The summed E-state index contributed by atoms with van der Waals surface area (Å²) in [5.74, 6) is 0.423. The van der Waals surface area contributed by atoms with E-state index in [4.69, 9.17) is 4.74 Å². The molecule has 0 fully saturated rings. The third-order valence-electron chi connectivity index (χ3n) is 2.75. The van der Waals surface area contributed by atoms with E-state index in [9.17, 15) is 8.42 Å². The van der Waals surface area contributed by atoms with E-state index in [1.807, 2.05) is 41.5 Å². The summed E-state index contributed by atoms with van der Waals surface area (Å²) in [4.78, 5) is 0.212. The molecule has 0 aliphatic rings. The van der Waals surface area contributed by atoms with E-state index in [-0.39, 0.29) is 4.90 Å². The second kappa shape index (κ2) is 6.14. The maximum Gasteiger partial charge on any atom is 0.244 e. The summed E-state index contributed by atoms with van der Waals surface area (Å²) in [6, 6.07) is 3.47. The van der Waals surface area contributed by atoms with Crippen LogP contribution in [0, 0.1) is 13.8 Å². The first kappa shape index (κ1) is 17.0. The van der Waals surface area contributed by atoms with Gasteiger partial charge in [-0.3, -0.25) is 0 Å². The fraction of sp³-hybridized carbons (Fsp3) is 0.600. The summed E-state index contributed by atoms with van der Waals surface area (Å²) in [7, 11) is -3.59. The first-order valence-electron chi connectivity index (χ1n) is 6.85. The molecule has 0 aliphatic heterocycles. The Kier molecular flexibility index (Phi) is 5.21. The van der Waals surface area contributed by atoms with Gasteiger partial charge in [-0.1, -0.05) is 6.92 Å². The predicted molar refractivity (Wildman–Crippen MR) is 81.8 cm³/mol. The van der Waals surface area contributed by atoms with Crippen LogP contribution in [0.3, 0.4) is 0 Å². The monoisotopic (exact) mass is 299 g/mol. The van der Waals surface area contributed by atoms with Crippen LogP contribution in [0.1, 0.15) is 45.2 Å². The van der Waals surface area contributed by atoms with Crippen molar-refractivity contribution in [1.82, 2.24) is 4.72 Å². The fourth-order valence-corrected chi connectivity index (χ4v) is 3.39. The fourth-order valence-electron chi connectivity index (χ4n) is 1.76. The van der Waals surface area contributed by atoms with E-state index < -0.39 is 15.6 Å². The molecule has 1 aromatic rings. The van der Waals surface area contributed by atoms with Gasteiger partial charge in [0.15, 0.2) is 0 Å². The van der Waals surface area contributed by atoms with Crippen molar-refractivity contribution in [2.45, 2.75) is 58.4 Å². The Bertz CT molecular complexity index is 572. The van der Waals surface area contributed by atoms with Crippen LogP contribution in [0.4, 0.5) is 0 Å². The largest absolute Gasteiger partial charge is 0.492 e. The van der Waals surface area contributed by atoms with Crippen LogP contribution in [-0.2, 0) is 10.0 Å². The minimum absolute atomic E-state index is 0.212. The molecule has 0 saturated carbocycles. The van der Waals surface area contributed by atoms with E-state index in [1.54, 1.807) is 12.1 Å². The molecule has 0 aliphatic carbocycles. The van der Waals surface area contributed by atoms with Gasteiger partial charge in [0.1, 0.15) is 10.6 Å². The Morgan fingerprint density at radius 1 is 1.15 bits per heavy atom. The highest BCUT2D eigenvalue weighted by atomic mass is 32.2. The number of sulfonamides is 1. The molecule has 0 atom stereocenters. The van der Waals surface area contributed by atoms with Gasteiger partial charge in [-0.05, 0) is 64.3 Å². The van der Waals surface area contributed by atoms with E-state index in [0.29, 0.717) is 12.4 Å². The summed E-state index contributed by atoms with van der Waals surface area (Å²) < 4.78 is 33.3. The van der Waals surface area contributed by atoms with Crippen LogP contribution in [0.15, 0.2) is 17.0 Å². The molecule has 0 aromatic heterocycles. The van der Waals surface area contributed by atoms with Gasteiger partial charge in [-0.2, -0.15) is 0 Å². The Hall–Kier alpha value is -1.07. The molecule has 0 unspecified atom stereocenters. The molecule has 5 heteroatoms. The molecule has 0 spiro atoms. The summed E-state index contributed by atoms with van der Waals surface area (Å²) >= 11 is 0. The Morgan fingerprint density at radius 2 is 1.70 bits per heavy atom. The number of ether oxygens (including phenoxy) is 1. The van der Waals surface area contributed by atoms with E-state index in [2.05, 4.69) is 4.72 Å². The highest BCUT2D eigenvalue weighted by molar-refractivity contribution is 7.89. The third kappa shape index (κ3) is 4.49. The molecule has 20 heavy (non-hydrogen) atoms. The van der Waals surface area contributed by atoms with Crippen molar-refractivity contribution in [2.24, 2.45) is 0 Å². The van der Waals surface area contributed by atoms with Gasteiger partial charge >= 0.3 is 0 Å². The molecule has 0 saturated heterocycles. The standard InChI is InChI=1S/C15H25NO3S/c1-7-8-19-13-9-11(2)12(3)10-14(13)20(17,18)16-15(4,5)6/h9-10,16H,7-8H2,1-6H3. The summed E-state index contributed by atoms with van der Waals surface area (Å²) in [5, 5.41) is 0. The van der Waals surface area contributed by atoms with Gasteiger partial charge in [0.05, 0.1) is 6.61 Å². The lowest BCUT2D eigenvalue weighted by Gasteiger charge is -2.22. The first-order valence-corrected chi connectivity index (χ1v) is 8.33. The van der Waals surface area contributed by atoms with Crippen molar-refractivity contribution >= 4 is 10.0 Å². The summed E-state index contributed by atoms with van der Waals surface area (Å²) in [6.07, 6.45) is 0.832. The zero-order valence-electron chi connectivity index (χ0n) is 13.2. The van der Waals surface area contributed by atoms with Gasteiger partial charge in [0.25, 0.3) is 0 Å². The van der Waals surface area contributed by atoms with Crippen molar-refractivity contribution in [1.29, 1.82) is 0 Å². The molecule has 4 nitrogen and oxygen atoms in total. The quantitative estimate of drug-likeness (QED) is 0.908. The van der Waals surface area contributed by atoms with Crippen LogP contribution in [0.5, 0.6) is 5.75 Å². The minimum atomic E-state index is -3.59. The first-order chi connectivity index (χ1) is 9.07. The van der Waals surface area contributed by atoms with E-state index in [0.717, 1.165) is 17.5 Å². The predicted octanol–water partition coefficient (Wildman–Crippen LogP) is 3.17. The molecule has 1 N–H and O–H groups in total. The molecule has 1 rings (SSSR count). The van der Waals surface area contributed by atoms with Crippen LogP contribution in [0.25, 0.3) is 0 Å². The number of nitrogens with one attached hydrogen (secondary N) is 1. The Labute approximate surface area is 122 Å². The van der Waals surface area contributed by atoms with Crippen LogP contribution < -0.4 is 9.46 Å². The Morgan fingerprint density at radius 3 is 2.20 bits per heavy atom. The summed E-state index contributed by atoms with van der Waals surface area (Å²) in [5.41, 5.74) is 1.42. The average Bonchev–Trinajstić information content (AvgIpc) is 2.26. The molecule has 0 bridgehead atoms. The van der Waals surface area contributed by atoms with Gasteiger partial charge in [-0.25, -0.2) is 13.1 Å². The van der Waals surface area contributed by atoms with E-state index in [1.165, 1.54) is 0 Å². The van der Waals surface area contributed by atoms with Crippen molar-refractivity contribution in [2.75, 3.05) is 6.61 Å². The Balaban J connectivity index is 3.31. The molecule has 0 heterocycles. The SMILES string of the molecule is CCCOc1cc(C)c(C)cc1S(=O)(=O)NC(C)(C)C. The van der Waals surface area contributed by atoms with Crippen molar-refractivity contribution < 1.29 is 13.2 Å². The number of rotatable bonds is 5. The topological polar surface area (TPSA) is 55.4 Å². The molecule has 114 valence electrons. The van der Waals surface area contributed by atoms with Crippen LogP contribution in [0.2, 0.25) is 0 Å². The maximum absolute atomic E-state index is 12.5. The number of aryl methyl sites for hydroxylation is 2. The summed E-state index contributed by atoms with van der Waals surface area (Å²) in [6.45, 7) is 11.8. The second-order valence-corrected chi connectivity index (χ2v) is 7.74. The molecule has 1 aromatic carbocycles. The van der Waals surface area contributed by atoms with Gasteiger partial charge in [0, 0.05) is 5.54 Å². The molecule has 0 amide bonds. The molecular formula is C15H25NO3S. The highest BCUT2D eigenvalue weighted by Gasteiger charge is 2.26. The lowest BCUT2D eigenvalue weighted by molar-refractivity contribution is 0.308. The lowest BCUT2D eigenvalue weighted by atomic mass is 10.1. The van der Waals surface area contributed by atoms with Crippen molar-refractivity contribution in [3.05, 3.63) is 23.3 Å². The van der Waals surface area contributed by atoms with Gasteiger partial charge in [0.2, 0.25) is 10.0 Å². The average molecular weight is 299 g/mol. The number of hydrogen-bond donors (Lipinski definition) is 1. The maximum atomic E-state index is 12.5. The van der Waals surface area contributed by atoms with Crippen LogP contribution in [-0.4, -0.2) is 20.6 Å². The highest BCUT2D eigenvalue weighted by Crippen LogP contribution is 2.28. The molecule has 0 radical (unpaired) electrons. The van der Waals surface area contributed by atoms with Gasteiger partial charge in [-0.15, -0.1) is 0 Å². The lowest BCUT2D eigenvalue weighted by Crippen LogP contribution is -2.40. The number of benzene rings is 1. The minimum Gasteiger partial charge on any atom is -0.492 e. The zero-order chi connectivity index (χ0) is 15.6. The third-order valence-corrected chi connectivity index (χ3v) is 4.53. The van der Waals surface area contributed by atoms with Gasteiger partial charge < -0.3 is 4.74 Å². The van der Waals surface area contributed by atoms with E-state index >= 15 is 0 Å². The smallest absolute Gasteiger partial charge is 0.244 e. The van der Waals surface area contributed by atoms with Crippen molar-refractivity contribution in [3.63, 3.8) is 0 Å². The normalized spacial score (nSPS) is 12.5. The van der Waals surface area contributed by atoms with Crippen molar-refractivity contribution in [3.8, 4) is 5.75 Å². The second-order valence-electron chi connectivity index (χ2n) is 6.09. The van der Waals surface area contributed by atoms with Crippen LogP contribution >= 0.6 is 0 Å².